The highest BCUT2D eigenvalue weighted by Gasteiger charge is 2.10. The van der Waals surface area contributed by atoms with Gasteiger partial charge in [-0.25, -0.2) is 0 Å². The van der Waals surface area contributed by atoms with Crippen LogP contribution in [0.1, 0.15) is 15.9 Å². The van der Waals surface area contributed by atoms with Crippen molar-refractivity contribution in [2.45, 2.75) is 6.54 Å². The molecule has 5 heteroatoms. The Morgan fingerprint density at radius 3 is 2.53 bits per heavy atom. The van der Waals surface area contributed by atoms with Crippen molar-refractivity contribution in [1.82, 2.24) is 10.3 Å². The molecule has 4 rings (SSSR count). The number of fused-ring (bicyclic) bond motifs is 1. The summed E-state index contributed by atoms with van der Waals surface area (Å²) in [6.07, 6.45) is 1.65. The van der Waals surface area contributed by atoms with E-state index in [0.717, 1.165) is 27.8 Å². The molecule has 30 heavy (non-hydrogen) atoms. The SMILES string of the molecule is CN(C)c1ccc(CNC(=O)c2cccc(-c3cc(O)c4ncccc4c3)c2)cc1. The lowest BCUT2D eigenvalue weighted by Crippen LogP contribution is -2.22. The minimum atomic E-state index is -0.139. The Labute approximate surface area is 175 Å². The lowest BCUT2D eigenvalue weighted by molar-refractivity contribution is 0.0951. The Kier molecular flexibility index (Phi) is 5.35. The standard InChI is InChI=1S/C25H23N3O2/c1-28(2)22-10-8-17(9-11-22)16-27-25(30)20-6-3-5-18(13-20)21-14-19-7-4-12-26-24(19)23(29)15-21/h3-15,29H,16H2,1-2H3,(H,27,30). The largest absolute Gasteiger partial charge is 0.506 e. The van der Waals surface area contributed by atoms with Crippen molar-refractivity contribution in [1.29, 1.82) is 0 Å². The number of pyridine rings is 1. The van der Waals surface area contributed by atoms with Gasteiger partial charge < -0.3 is 15.3 Å². The first-order chi connectivity index (χ1) is 14.5. The van der Waals surface area contributed by atoms with Gasteiger partial charge in [0.2, 0.25) is 0 Å². The minimum absolute atomic E-state index is 0.124. The number of hydrogen-bond donors (Lipinski definition) is 2. The number of anilines is 1. The van der Waals surface area contributed by atoms with Gasteiger partial charge in [0.1, 0.15) is 11.3 Å². The van der Waals surface area contributed by atoms with E-state index in [1.165, 1.54) is 0 Å². The number of amides is 1. The van der Waals surface area contributed by atoms with Crippen molar-refractivity contribution in [2.75, 3.05) is 19.0 Å². The number of phenolic OH excluding ortho intramolecular Hbond substituents is 1. The number of benzene rings is 3. The average molecular weight is 397 g/mol. The molecule has 0 saturated carbocycles. The monoisotopic (exact) mass is 397 g/mol. The number of nitrogens with one attached hydrogen (secondary N) is 1. The van der Waals surface area contributed by atoms with Crippen LogP contribution < -0.4 is 10.2 Å². The molecule has 0 atom stereocenters. The smallest absolute Gasteiger partial charge is 0.251 e. The lowest BCUT2D eigenvalue weighted by Gasteiger charge is -2.13. The molecule has 1 aromatic heterocycles. The Morgan fingerprint density at radius 2 is 1.77 bits per heavy atom. The zero-order valence-electron chi connectivity index (χ0n) is 17.0. The van der Waals surface area contributed by atoms with E-state index < -0.39 is 0 Å². The molecule has 2 N–H and O–H groups in total. The van der Waals surface area contributed by atoms with Crippen molar-refractivity contribution in [3.63, 3.8) is 0 Å². The molecule has 1 amide bonds. The normalized spacial score (nSPS) is 10.7. The van der Waals surface area contributed by atoms with Crippen molar-refractivity contribution in [2.24, 2.45) is 0 Å². The molecule has 5 nitrogen and oxygen atoms in total. The van der Waals surface area contributed by atoms with Gasteiger partial charge in [0.25, 0.3) is 5.91 Å². The third-order valence-electron chi connectivity index (χ3n) is 5.05. The van der Waals surface area contributed by atoms with Crippen molar-refractivity contribution in [3.05, 3.63) is 90.1 Å². The fourth-order valence-corrected chi connectivity index (χ4v) is 3.38. The van der Waals surface area contributed by atoms with Crippen molar-refractivity contribution in [3.8, 4) is 16.9 Å². The van der Waals surface area contributed by atoms with Crippen LogP contribution in [0.25, 0.3) is 22.0 Å². The Bertz CT molecular complexity index is 1200. The molecule has 3 aromatic carbocycles. The molecule has 0 bridgehead atoms. The first-order valence-corrected chi connectivity index (χ1v) is 9.74. The lowest BCUT2D eigenvalue weighted by atomic mass is 10.0. The van der Waals surface area contributed by atoms with Crippen LogP contribution in [0.3, 0.4) is 0 Å². The Morgan fingerprint density at radius 1 is 0.967 bits per heavy atom. The van der Waals surface area contributed by atoms with Crippen LogP contribution in [0.2, 0.25) is 0 Å². The number of aromatic nitrogens is 1. The highest BCUT2D eigenvalue weighted by molar-refractivity contribution is 5.96. The van der Waals surface area contributed by atoms with Gasteiger partial charge in [-0.3, -0.25) is 9.78 Å². The van der Waals surface area contributed by atoms with Gasteiger partial charge in [0.15, 0.2) is 0 Å². The molecular formula is C25H23N3O2. The highest BCUT2D eigenvalue weighted by atomic mass is 16.3. The second-order valence-electron chi connectivity index (χ2n) is 7.39. The summed E-state index contributed by atoms with van der Waals surface area (Å²) in [7, 11) is 3.99. The number of hydrogen-bond acceptors (Lipinski definition) is 4. The molecule has 0 radical (unpaired) electrons. The van der Waals surface area contributed by atoms with E-state index in [2.05, 4.69) is 10.3 Å². The van der Waals surface area contributed by atoms with E-state index in [9.17, 15) is 9.90 Å². The number of nitrogens with zero attached hydrogens (tertiary/aromatic N) is 2. The quantitative estimate of drug-likeness (QED) is 0.516. The number of carbonyl (C=O) groups is 1. The first-order valence-electron chi connectivity index (χ1n) is 9.74. The van der Waals surface area contributed by atoms with Gasteiger partial charge in [-0.05, 0) is 59.2 Å². The van der Waals surface area contributed by atoms with Crippen LogP contribution in [-0.2, 0) is 6.54 Å². The van der Waals surface area contributed by atoms with E-state index in [4.69, 9.17) is 0 Å². The summed E-state index contributed by atoms with van der Waals surface area (Å²) < 4.78 is 0. The average Bonchev–Trinajstić information content (AvgIpc) is 2.78. The number of phenols is 1. The molecule has 0 spiro atoms. The molecule has 1 heterocycles. The molecule has 0 saturated heterocycles. The van der Waals surface area contributed by atoms with E-state index >= 15 is 0 Å². The van der Waals surface area contributed by atoms with E-state index in [0.29, 0.717) is 17.6 Å². The summed E-state index contributed by atoms with van der Waals surface area (Å²) >= 11 is 0. The predicted molar refractivity (Wildman–Crippen MR) is 121 cm³/mol. The summed E-state index contributed by atoms with van der Waals surface area (Å²) in [5, 5.41) is 14.1. The molecule has 150 valence electrons. The highest BCUT2D eigenvalue weighted by Crippen LogP contribution is 2.30. The van der Waals surface area contributed by atoms with Gasteiger partial charge in [0, 0.05) is 43.5 Å². The molecule has 0 fully saturated rings. The van der Waals surface area contributed by atoms with Crippen LogP contribution in [0.15, 0.2) is 79.0 Å². The molecular weight excluding hydrogens is 374 g/mol. The second kappa shape index (κ2) is 8.25. The predicted octanol–water partition coefficient (Wildman–Crippen LogP) is 4.60. The third kappa shape index (κ3) is 4.10. The van der Waals surface area contributed by atoms with Crippen LogP contribution in [0, 0.1) is 0 Å². The second-order valence-corrected chi connectivity index (χ2v) is 7.39. The Balaban J connectivity index is 1.52. The van der Waals surface area contributed by atoms with E-state index in [-0.39, 0.29) is 11.7 Å². The van der Waals surface area contributed by atoms with Crippen molar-refractivity contribution < 1.29 is 9.90 Å². The van der Waals surface area contributed by atoms with Gasteiger partial charge in [-0.1, -0.05) is 30.3 Å². The topological polar surface area (TPSA) is 65.5 Å². The fourth-order valence-electron chi connectivity index (χ4n) is 3.38. The maximum absolute atomic E-state index is 12.7. The van der Waals surface area contributed by atoms with Gasteiger partial charge in [0.05, 0.1) is 0 Å². The van der Waals surface area contributed by atoms with Crippen LogP contribution in [-0.4, -0.2) is 30.1 Å². The van der Waals surface area contributed by atoms with Gasteiger partial charge >= 0.3 is 0 Å². The third-order valence-corrected chi connectivity index (χ3v) is 5.05. The zero-order chi connectivity index (χ0) is 21.1. The Hall–Kier alpha value is -3.86. The summed E-state index contributed by atoms with van der Waals surface area (Å²) in [4.78, 5) is 18.9. The minimum Gasteiger partial charge on any atom is -0.506 e. The zero-order valence-corrected chi connectivity index (χ0v) is 17.0. The maximum atomic E-state index is 12.7. The van der Waals surface area contributed by atoms with Crippen LogP contribution in [0.5, 0.6) is 5.75 Å². The summed E-state index contributed by atoms with van der Waals surface area (Å²) in [6.45, 7) is 0.458. The molecule has 0 aliphatic rings. The number of aromatic hydroxyl groups is 1. The summed E-state index contributed by atoms with van der Waals surface area (Å²) in [5.74, 6) is -0.0145. The summed E-state index contributed by atoms with van der Waals surface area (Å²) in [6, 6.07) is 22.9. The first kappa shape index (κ1) is 19.5. The molecule has 0 aliphatic carbocycles. The fraction of sp³-hybridized carbons (Fsp3) is 0.120. The van der Waals surface area contributed by atoms with Crippen LogP contribution in [0.4, 0.5) is 5.69 Å². The maximum Gasteiger partial charge on any atom is 0.251 e. The van der Waals surface area contributed by atoms with Gasteiger partial charge in [-0.2, -0.15) is 0 Å². The summed E-state index contributed by atoms with van der Waals surface area (Å²) in [5.41, 5.74) is 4.99. The number of carbonyl (C=O) groups excluding carboxylic acids is 1. The van der Waals surface area contributed by atoms with E-state index in [1.807, 2.05) is 79.7 Å². The number of rotatable bonds is 5. The molecule has 0 unspecified atom stereocenters. The van der Waals surface area contributed by atoms with Crippen molar-refractivity contribution >= 4 is 22.5 Å². The van der Waals surface area contributed by atoms with E-state index in [1.54, 1.807) is 18.3 Å². The van der Waals surface area contributed by atoms with Gasteiger partial charge in [-0.15, -0.1) is 0 Å². The molecule has 0 aliphatic heterocycles. The molecule has 4 aromatic rings. The van der Waals surface area contributed by atoms with Crippen LogP contribution >= 0.6 is 0 Å².